The van der Waals surface area contributed by atoms with E-state index in [-0.39, 0.29) is 5.91 Å². The standard InChI is InChI=1S/C13H18N6O/c1-9-11(8-14-13-15-10(2)16-19(9)13)12(20)18-6-4-17(3)5-7-18/h8H,4-7H2,1-3H3. The number of nitrogens with zero attached hydrogens (tertiary/aromatic N) is 6. The highest BCUT2D eigenvalue weighted by Crippen LogP contribution is 2.13. The van der Waals surface area contributed by atoms with E-state index in [0.717, 1.165) is 31.9 Å². The lowest BCUT2D eigenvalue weighted by atomic mass is 10.2. The maximum Gasteiger partial charge on any atom is 0.257 e. The van der Waals surface area contributed by atoms with Gasteiger partial charge in [-0.1, -0.05) is 0 Å². The SMILES string of the molecule is Cc1nc2ncc(C(=O)N3CCN(C)CC3)c(C)n2n1. The fourth-order valence-electron chi connectivity index (χ4n) is 2.43. The maximum atomic E-state index is 12.6. The molecule has 1 saturated heterocycles. The number of rotatable bonds is 1. The molecule has 0 spiro atoms. The topological polar surface area (TPSA) is 66.6 Å². The molecule has 3 heterocycles. The van der Waals surface area contributed by atoms with Gasteiger partial charge in [-0.25, -0.2) is 9.50 Å². The molecule has 0 bridgehead atoms. The first-order valence-corrected chi connectivity index (χ1v) is 6.73. The van der Waals surface area contributed by atoms with E-state index in [1.807, 2.05) is 18.7 Å². The zero-order chi connectivity index (χ0) is 14.3. The Bertz CT molecular complexity index is 656. The molecule has 106 valence electrons. The van der Waals surface area contributed by atoms with Gasteiger partial charge in [-0.3, -0.25) is 4.79 Å². The second-order valence-corrected chi connectivity index (χ2v) is 5.22. The molecule has 0 radical (unpaired) electrons. The number of fused-ring (bicyclic) bond motifs is 1. The largest absolute Gasteiger partial charge is 0.336 e. The van der Waals surface area contributed by atoms with Crippen LogP contribution in [0.2, 0.25) is 0 Å². The molecule has 1 amide bonds. The first-order chi connectivity index (χ1) is 9.56. The van der Waals surface area contributed by atoms with Crippen molar-refractivity contribution in [3.63, 3.8) is 0 Å². The van der Waals surface area contributed by atoms with Crippen molar-refractivity contribution in [3.05, 3.63) is 23.3 Å². The first-order valence-electron chi connectivity index (χ1n) is 6.73. The van der Waals surface area contributed by atoms with Crippen molar-refractivity contribution in [2.24, 2.45) is 0 Å². The van der Waals surface area contributed by atoms with Crippen LogP contribution in [0.1, 0.15) is 21.9 Å². The molecule has 1 fully saturated rings. The number of aromatic nitrogens is 4. The summed E-state index contributed by atoms with van der Waals surface area (Å²) in [6.45, 7) is 7.01. The number of carbonyl (C=O) groups excluding carboxylic acids is 1. The van der Waals surface area contributed by atoms with Crippen molar-refractivity contribution in [2.75, 3.05) is 33.2 Å². The number of piperazine rings is 1. The molecule has 2 aromatic heterocycles. The smallest absolute Gasteiger partial charge is 0.257 e. The zero-order valence-electron chi connectivity index (χ0n) is 12.0. The van der Waals surface area contributed by atoms with Crippen molar-refractivity contribution in [3.8, 4) is 0 Å². The molecule has 3 rings (SSSR count). The fraction of sp³-hybridized carbons (Fsp3) is 0.538. The second kappa shape index (κ2) is 4.82. The van der Waals surface area contributed by atoms with Gasteiger partial charge in [-0.05, 0) is 20.9 Å². The van der Waals surface area contributed by atoms with Crippen molar-refractivity contribution in [1.29, 1.82) is 0 Å². The molecule has 20 heavy (non-hydrogen) atoms. The molecule has 1 aliphatic rings. The third kappa shape index (κ3) is 2.14. The van der Waals surface area contributed by atoms with Crippen LogP contribution in [0, 0.1) is 13.8 Å². The highest BCUT2D eigenvalue weighted by atomic mass is 16.2. The molecule has 2 aromatic rings. The number of amides is 1. The van der Waals surface area contributed by atoms with Gasteiger partial charge in [0, 0.05) is 32.4 Å². The van der Waals surface area contributed by atoms with Crippen LogP contribution >= 0.6 is 0 Å². The average Bonchev–Trinajstić information content (AvgIpc) is 2.81. The van der Waals surface area contributed by atoms with Crippen LogP contribution in [0.3, 0.4) is 0 Å². The van der Waals surface area contributed by atoms with E-state index in [1.165, 1.54) is 0 Å². The summed E-state index contributed by atoms with van der Waals surface area (Å²) in [5.74, 6) is 1.22. The van der Waals surface area contributed by atoms with Crippen LogP contribution in [0.4, 0.5) is 0 Å². The van der Waals surface area contributed by atoms with Gasteiger partial charge in [0.25, 0.3) is 11.7 Å². The van der Waals surface area contributed by atoms with Crippen LogP contribution in [-0.2, 0) is 0 Å². The number of hydrogen-bond acceptors (Lipinski definition) is 5. The van der Waals surface area contributed by atoms with Crippen LogP contribution in [0.25, 0.3) is 5.78 Å². The van der Waals surface area contributed by atoms with Crippen molar-refractivity contribution < 1.29 is 4.79 Å². The molecule has 0 N–H and O–H groups in total. The number of aryl methyl sites for hydroxylation is 2. The lowest BCUT2D eigenvalue weighted by Gasteiger charge is -2.32. The average molecular weight is 274 g/mol. The van der Waals surface area contributed by atoms with Crippen LogP contribution in [-0.4, -0.2) is 68.5 Å². The van der Waals surface area contributed by atoms with E-state index in [9.17, 15) is 4.79 Å². The molecule has 0 unspecified atom stereocenters. The van der Waals surface area contributed by atoms with Gasteiger partial charge in [0.05, 0.1) is 11.3 Å². The van der Waals surface area contributed by atoms with Gasteiger partial charge >= 0.3 is 0 Å². The second-order valence-electron chi connectivity index (χ2n) is 5.22. The summed E-state index contributed by atoms with van der Waals surface area (Å²) in [4.78, 5) is 25.1. The summed E-state index contributed by atoms with van der Waals surface area (Å²) >= 11 is 0. The molecule has 0 atom stereocenters. The summed E-state index contributed by atoms with van der Waals surface area (Å²) in [7, 11) is 2.07. The first kappa shape index (κ1) is 13.0. The normalized spacial score (nSPS) is 16.9. The van der Waals surface area contributed by atoms with E-state index in [4.69, 9.17) is 0 Å². The molecule has 7 nitrogen and oxygen atoms in total. The third-order valence-electron chi connectivity index (χ3n) is 3.73. The minimum Gasteiger partial charge on any atom is -0.336 e. The van der Waals surface area contributed by atoms with Gasteiger partial charge in [0.2, 0.25) is 0 Å². The Kier molecular flexibility index (Phi) is 3.13. The molecule has 7 heteroatoms. The zero-order valence-corrected chi connectivity index (χ0v) is 12.0. The minimum atomic E-state index is 0.0261. The van der Waals surface area contributed by atoms with Crippen molar-refractivity contribution >= 4 is 11.7 Å². The third-order valence-corrected chi connectivity index (χ3v) is 3.73. The van der Waals surface area contributed by atoms with Gasteiger partial charge in [0.15, 0.2) is 0 Å². The van der Waals surface area contributed by atoms with E-state index < -0.39 is 0 Å². The predicted octanol–water partition coefficient (Wildman–Crippen LogP) is 0.129. The van der Waals surface area contributed by atoms with E-state index in [2.05, 4.69) is 27.0 Å². The maximum absolute atomic E-state index is 12.6. The molecule has 1 aliphatic heterocycles. The molecular weight excluding hydrogens is 256 g/mol. The minimum absolute atomic E-state index is 0.0261. The monoisotopic (exact) mass is 274 g/mol. The Hall–Kier alpha value is -2.02. The van der Waals surface area contributed by atoms with Crippen molar-refractivity contribution in [2.45, 2.75) is 13.8 Å². The van der Waals surface area contributed by atoms with Crippen LogP contribution < -0.4 is 0 Å². The summed E-state index contributed by atoms with van der Waals surface area (Å²) in [6, 6.07) is 0. The van der Waals surface area contributed by atoms with Gasteiger partial charge in [0.1, 0.15) is 5.82 Å². The summed E-state index contributed by atoms with van der Waals surface area (Å²) in [6.07, 6.45) is 1.61. The Morgan fingerprint density at radius 1 is 1.20 bits per heavy atom. The van der Waals surface area contributed by atoms with E-state index in [1.54, 1.807) is 10.7 Å². The number of likely N-dealkylation sites (N-methyl/N-ethyl adjacent to an activating group) is 1. The summed E-state index contributed by atoms with van der Waals surface area (Å²) in [5, 5.41) is 4.28. The summed E-state index contributed by atoms with van der Waals surface area (Å²) in [5.41, 5.74) is 1.39. The van der Waals surface area contributed by atoms with Gasteiger partial charge in [-0.15, -0.1) is 0 Å². The Morgan fingerprint density at radius 2 is 1.90 bits per heavy atom. The predicted molar refractivity (Wildman–Crippen MR) is 73.7 cm³/mol. The fourth-order valence-corrected chi connectivity index (χ4v) is 2.43. The van der Waals surface area contributed by atoms with Crippen molar-refractivity contribution in [1.82, 2.24) is 29.4 Å². The van der Waals surface area contributed by atoms with Gasteiger partial charge in [-0.2, -0.15) is 10.1 Å². The molecule has 0 aromatic carbocycles. The van der Waals surface area contributed by atoms with E-state index in [0.29, 0.717) is 17.2 Å². The van der Waals surface area contributed by atoms with Crippen LogP contribution in [0.5, 0.6) is 0 Å². The Morgan fingerprint density at radius 3 is 2.60 bits per heavy atom. The Balaban J connectivity index is 1.93. The Labute approximate surface area is 117 Å². The summed E-state index contributed by atoms with van der Waals surface area (Å²) < 4.78 is 1.64. The quantitative estimate of drug-likeness (QED) is 0.739. The lowest BCUT2D eigenvalue weighted by molar-refractivity contribution is 0.0662. The molecule has 0 saturated carbocycles. The molecular formula is C13H18N6O. The van der Waals surface area contributed by atoms with Crippen LogP contribution in [0.15, 0.2) is 6.20 Å². The van der Waals surface area contributed by atoms with E-state index >= 15 is 0 Å². The lowest BCUT2D eigenvalue weighted by Crippen LogP contribution is -2.47. The highest BCUT2D eigenvalue weighted by molar-refractivity contribution is 5.95. The number of hydrogen-bond donors (Lipinski definition) is 0. The van der Waals surface area contributed by atoms with Gasteiger partial charge < -0.3 is 9.80 Å². The number of carbonyl (C=O) groups is 1. The highest BCUT2D eigenvalue weighted by Gasteiger charge is 2.23. The molecule has 0 aliphatic carbocycles.